The van der Waals surface area contributed by atoms with E-state index >= 15 is 0 Å². The molecule has 0 atom stereocenters. The lowest BCUT2D eigenvalue weighted by Crippen LogP contribution is -2.15. The van der Waals surface area contributed by atoms with Crippen LogP contribution in [0.25, 0.3) is 0 Å². The second-order valence-corrected chi connectivity index (χ2v) is 5.41. The normalized spacial score (nSPS) is 10.1. The average Bonchev–Trinajstić information content (AvgIpc) is 2.60. The number of ether oxygens (including phenoxy) is 2. The summed E-state index contributed by atoms with van der Waals surface area (Å²) in [6, 6.07) is 9.26. The minimum absolute atomic E-state index is 0.138. The fourth-order valence-corrected chi connectivity index (χ4v) is 2.27. The van der Waals surface area contributed by atoms with Crippen LogP contribution in [0.15, 0.2) is 36.4 Å². The first-order valence-electron chi connectivity index (χ1n) is 7.36. The number of carbonyl (C=O) groups excluding carboxylic acids is 1. The van der Waals surface area contributed by atoms with Crippen LogP contribution in [0.4, 0.5) is 17.1 Å². The lowest BCUT2D eigenvalue weighted by molar-refractivity contribution is -0.384. The van der Waals surface area contributed by atoms with Gasteiger partial charge in [0.05, 0.1) is 19.1 Å². The minimum atomic E-state index is -0.513. The van der Waals surface area contributed by atoms with E-state index in [4.69, 9.17) is 9.47 Å². The Kier molecular flexibility index (Phi) is 5.43. The maximum atomic E-state index is 12.4. The van der Waals surface area contributed by atoms with Crippen molar-refractivity contribution in [3.63, 3.8) is 0 Å². The van der Waals surface area contributed by atoms with Gasteiger partial charge in [-0.1, -0.05) is 0 Å². The Labute approximate surface area is 145 Å². The number of anilines is 2. The van der Waals surface area contributed by atoms with Crippen LogP contribution in [-0.4, -0.2) is 39.1 Å². The van der Waals surface area contributed by atoms with Crippen molar-refractivity contribution >= 4 is 23.0 Å². The number of hydrogen-bond donors (Lipinski definition) is 1. The van der Waals surface area contributed by atoms with E-state index < -0.39 is 10.8 Å². The van der Waals surface area contributed by atoms with Gasteiger partial charge in [-0.05, 0) is 12.1 Å². The summed E-state index contributed by atoms with van der Waals surface area (Å²) in [6.45, 7) is 0. The zero-order chi connectivity index (χ0) is 18.6. The molecular weight excluding hydrogens is 326 g/mol. The molecule has 1 N–H and O–H groups in total. The molecule has 0 aromatic heterocycles. The maximum absolute atomic E-state index is 12.4. The van der Waals surface area contributed by atoms with Crippen molar-refractivity contribution < 1.29 is 19.2 Å². The summed E-state index contributed by atoms with van der Waals surface area (Å²) >= 11 is 0. The molecule has 0 aliphatic heterocycles. The van der Waals surface area contributed by atoms with Crippen molar-refractivity contribution in [2.75, 3.05) is 38.5 Å². The Bertz CT molecular complexity index is 783. The monoisotopic (exact) mass is 345 g/mol. The number of amides is 1. The molecule has 0 unspecified atom stereocenters. The highest BCUT2D eigenvalue weighted by Crippen LogP contribution is 2.29. The predicted octanol–water partition coefficient (Wildman–Crippen LogP) is 2.93. The molecule has 0 aliphatic rings. The van der Waals surface area contributed by atoms with Gasteiger partial charge in [0, 0.05) is 49.6 Å². The molecule has 0 heterocycles. The van der Waals surface area contributed by atoms with Crippen molar-refractivity contribution in [2.45, 2.75) is 0 Å². The Hall–Kier alpha value is -3.29. The zero-order valence-corrected chi connectivity index (χ0v) is 14.4. The summed E-state index contributed by atoms with van der Waals surface area (Å²) in [6.07, 6.45) is 0. The number of hydrogen-bond acceptors (Lipinski definition) is 6. The molecule has 2 rings (SSSR count). The highest BCUT2D eigenvalue weighted by atomic mass is 16.6. The second-order valence-electron chi connectivity index (χ2n) is 5.41. The SMILES string of the molecule is COc1cc(NC(=O)c2ccc(N(C)C)c([N+](=O)[O-])c2)cc(OC)c1. The van der Waals surface area contributed by atoms with Crippen LogP contribution >= 0.6 is 0 Å². The first-order chi connectivity index (χ1) is 11.8. The van der Waals surface area contributed by atoms with Crippen molar-refractivity contribution in [2.24, 2.45) is 0 Å². The highest BCUT2D eigenvalue weighted by Gasteiger charge is 2.19. The number of rotatable bonds is 6. The van der Waals surface area contributed by atoms with Gasteiger partial charge < -0.3 is 19.7 Å². The number of methoxy groups -OCH3 is 2. The molecule has 0 aliphatic carbocycles. The molecule has 0 radical (unpaired) electrons. The van der Waals surface area contributed by atoms with E-state index in [0.29, 0.717) is 22.9 Å². The molecule has 0 fully saturated rings. The standard InChI is InChI=1S/C17H19N3O5/c1-19(2)15-6-5-11(7-16(15)20(22)23)17(21)18-12-8-13(24-3)10-14(9-12)25-4/h5-10H,1-4H3,(H,18,21). The van der Waals surface area contributed by atoms with Crippen LogP contribution in [0.3, 0.4) is 0 Å². The third-order valence-electron chi connectivity index (χ3n) is 3.53. The first kappa shape index (κ1) is 18.1. The van der Waals surface area contributed by atoms with Gasteiger partial charge in [0.15, 0.2) is 0 Å². The van der Waals surface area contributed by atoms with E-state index in [1.165, 1.54) is 26.4 Å². The molecule has 2 aromatic rings. The van der Waals surface area contributed by atoms with Crippen molar-refractivity contribution in [1.29, 1.82) is 0 Å². The second kappa shape index (κ2) is 7.52. The molecule has 8 heteroatoms. The largest absolute Gasteiger partial charge is 0.497 e. The van der Waals surface area contributed by atoms with Crippen LogP contribution in [0, 0.1) is 10.1 Å². The van der Waals surface area contributed by atoms with Gasteiger partial charge in [0.25, 0.3) is 11.6 Å². The summed E-state index contributed by atoms with van der Waals surface area (Å²) in [5, 5.41) is 13.9. The first-order valence-corrected chi connectivity index (χ1v) is 7.36. The predicted molar refractivity (Wildman–Crippen MR) is 94.9 cm³/mol. The van der Waals surface area contributed by atoms with Crippen LogP contribution in [0.2, 0.25) is 0 Å². The van der Waals surface area contributed by atoms with Gasteiger partial charge in [-0.3, -0.25) is 14.9 Å². The van der Waals surface area contributed by atoms with Crippen LogP contribution in [0.5, 0.6) is 11.5 Å². The van der Waals surface area contributed by atoms with Crippen LogP contribution in [-0.2, 0) is 0 Å². The highest BCUT2D eigenvalue weighted by molar-refractivity contribution is 6.05. The van der Waals surface area contributed by atoms with Gasteiger partial charge in [0.2, 0.25) is 0 Å². The molecule has 0 saturated heterocycles. The summed E-state index contributed by atoms with van der Waals surface area (Å²) in [7, 11) is 6.41. The van der Waals surface area contributed by atoms with Crippen LogP contribution in [0.1, 0.15) is 10.4 Å². The zero-order valence-electron chi connectivity index (χ0n) is 14.4. The lowest BCUT2D eigenvalue weighted by Gasteiger charge is -2.14. The van der Waals surface area contributed by atoms with Gasteiger partial charge in [0.1, 0.15) is 17.2 Å². The number of nitro benzene ring substituents is 1. The minimum Gasteiger partial charge on any atom is -0.497 e. The van der Waals surface area contributed by atoms with E-state index in [9.17, 15) is 14.9 Å². The molecule has 1 amide bonds. The third kappa shape index (κ3) is 4.17. The molecular formula is C17H19N3O5. The Morgan fingerprint density at radius 2 is 1.68 bits per heavy atom. The van der Waals surface area contributed by atoms with E-state index in [-0.39, 0.29) is 11.3 Å². The van der Waals surface area contributed by atoms with Gasteiger partial charge in [-0.2, -0.15) is 0 Å². The quantitative estimate of drug-likeness (QED) is 0.639. The number of benzene rings is 2. The number of nitro groups is 1. The Morgan fingerprint density at radius 1 is 1.08 bits per heavy atom. The fraction of sp³-hybridized carbons (Fsp3) is 0.235. The number of nitrogens with one attached hydrogen (secondary N) is 1. The Morgan fingerprint density at radius 3 is 2.16 bits per heavy atom. The van der Waals surface area contributed by atoms with Gasteiger partial charge >= 0.3 is 0 Å². The number of carbonyl (C=O) groups is 1. The lowest BCUT2D eigenvalue weighted by atomic mass is 10.1. The van der Waals surface area contributed by atoms with Gasteiger partial charge in [-0.25, -0.2) is 0 Å². The Balaban J connectivity index is 2.32. The summed E-state index contributed by atoms with van der Waals surface area (Å²) in [4.78, 5) is 24.8. The van der Waals surface area contributed by atoms with Crippen molar-refractivity contribution in [3.8, 4) is 11.5 Å². The smallest absolute Gasteiger partial charge is 0.293 e. The van der Waals surface area contributed by atoms with Crippen LogP contribution < -0.4 is 19.7 Å². The van der Waals surface area contributed by atoms with Crippen molar-refractivity contribution in [3.05, 3.63) is 52.1 Å². The van der Waals surface area contributed by atoms with E-state index in [1.54, 1.807) is 43.3 Å². The molecule has 0 saturated carbocycles. The van der Waals surface area contributed by atoms with Gasteiger partial charge in [-0.15, -0.1) is 0 Å². The summed E-state index contributed by atoms with van der Waals surface area (Å²) < 4.78 is 10.3. The van der Waals surface area contributed by atoms with Crippen molar-refractivity contribution in [1.82, 2.24) is 0 Å². The molecule has 132 valence electrons. The molecule has 0 spiro atoms. The molecule has 8 nitrogen and oxygen atoms in total. The fourth-order valence-electron chi connectivity index (χ4n) is 2.27. The van der Waals surface area contributed by atoms with E-state index in [0.717, 1.165) is 0 Å². The van der Waals surface area contributed by atoms with E-state index in [2.05, 4.69) is 5.32 Å². The average molecular weight is 345 g/mol. The van der Waals surface area contributed by atoms with E-state index in [1.807, 2.05) is 0 Å². The number of nitrogens with zero attached hydrogens (tertiary/aromatic N) is 2. The molecule has 25 heavy (non-hydrogen) atoms. The molecule has 0 bridgehead atoms. The third-order valence-corrected chi connectivity index (χ3v) is 3.53. The molecule has 2 aromatic carbocycles. The summed E-state index contributed by atoms with van der Waals surface area (Å²) in [5.74, 6) is 0.566. The maximum Gasteiger partial charge on any atom is 0.293 e. The topological polar surface area (TPSA) is 93.9 Å². The summed E-state index contributed by atoms with van der Waals surface area (Å²) in [5.41, 5.74) is 0.921.